The number of benzene rings is 2. The molecule has 30 heavy (non-hydrogen) atoms. The van der Waals surface area contributed by atoms with E-state index in [4.69, 9.17) is 4.74 Å². The average molecular weight is 407 g/mol. The van der Waals surface area contributed by atoms with Crippen molar-refractivity contribution < 1.29 is 14.3 Å². The van der Waals surface area contributed by atoms with Gasteiger partial charge in [0.15, 0.2) is 6.10 Å². The summed E-state index contributed by atoms with van der Waals surface area (Å²) in [5, 5.41) is 10.4. The molecule has 0 aliphatic rings. The molecule has 0 fully saturated rings. The van der Waals surface area contributed by atoms with E-state index < -0.39 is 12.1 Å². The van der Waals surface area contributed by atoms with Gasteiger partial charge in [0.05, 0.1) is 23.5 Å². The number of aromatic amines is 1. The Labute approximate surface area is 174 Å². The normalized spacial score (nSPS) is 12.9. The van der Waals surface area contributed by atoms with E-state index in [1.54, 1.807) is 31.2 Å². The Morgan fingerprint density at radius 3 is 2.43 bits per heavy atom. The average Bonchev–Trinajstić information content (AvgIpc) is 2.76. The summed E-state index contributed by atoms with van der Waals surface area (Å²) in [4.78, 5) is 36.9. The maximum Gasteiger partial charge on any atom is 0.312 e. The number of hydrogen-bond acceptors (Lipinski definition) is 5. The Hall–Kier alpha value is -3.48. The first-order valence-corrected chi connectivity index (χ1v) is 10.0. The van der Waals surface area contributed by atoms with Crippen LogP contribution < -0.4 is 10.9 Å². The fourth-order valence-corrected chi connectivity index (χ4v) is 3.32. The number of esters is 1. The van der Waals surface area contributed by atoms with E-state index in [0.29, 0.717) is 16.5 Å². The van der Waals surface area contributed by atoms with E-state index in [1.807, 2.05) is 37.3 Å². The zero-order valence-corrected chi connectivity index (χ0v) is 17.1. The molecule has 7 heteroatoms. The van der Waals surface area contributed by atoms with Crippen LogP contribution in [0.4, 0.5) is 0 Å². The van der Waals surface area contributed by atoms with Crippen LogP contribution in [-0.4, -0.2) is 28.2 Å². The number of carbonyl (C=O) groups excluding carboxylic acids is 2. The van der Waals surface area contributed by atoms with Crippen molar-refractivity contribution in [1.82, 2.24) is 15.5 Å². The summed E-state index contributed by atoms with van der Waals surface area (Å²) in [7, 11) is 0. The lowest BCUT2D eigenvalue weighted by Gasteiger charge is -2.21. The van der Waals surface area contributed by atoms with Gasteiger partial charge >= 0.3 is 5.97 Å². The topological polar surface area (TPSA) is 101 Å². The van der Waals surface area contributed by atoms with Crippen LogP contribution in [0.3, 0.4) is 0 Å². The summed E-state index contributed by atoms with van der Waals surface area (Å²) in [5.74, 6) is -0.945. The summed E-state index contributed by atoms with van der Waals surface area (Å²) >= 11 is 0. The van der Waals surface area contributed by atoms with E-state index in [0.717, 1.165) is 18.4 Å². The lowest BCUT2D eigenvalue weighted by atomic mass is 10.0. The molecule has 0 aliphatic heterocycles. The maximum absolute atomic E-state index is 12.6. The molecule has 0 spiro atoms. The predicted molar refractivity (Wildman–Crippen MR) is 114 cm³/mol. The highest BCUT2D eigenvalue weighted by molar-refractivity contribution is 5.88. The molecule has 156 valence electrons. The Kier molecular flexibility index (Phi) is 6.95. The number of nitrogens with one attached hydrogen (secondary N) is 2. The number of hydrogen-bond donors (Lipinski definition) is 2. The van der Waals surface area contributed by atoms with Crippen molar-refractivity contribution in [2.75, 3.05) is 0 Å². The number of carbonyl (C=O) groups is 2. The molecule has 0 radical (unpaired) electrons. The van der Waals surface area contributed by atoms with Crippen molar-refractivity contribution in [3.63, 3.8) is 0 Å². The third kappa shape index (κ3) is 5.11. The van der Waals surface area contributed by atoms with Crippen LogP contribution in [0.15, 0.2) is 59.4 Å². The summed E-state index contributed by atoms with van der Waals surface area (Å²) in [6.45, 7) is 3.59. The molecule has 7 nitrogen and oxygen atoms in total. The minimum atomic E-state index is -0.949. The Morgan fingerprint density at radius 2 is 1.73 bits per heavy atom. The van der Waals surface area contributed by atoms with Crippen molar-refractivity contribution in [3.05, 3.63) is 76.2 Å². The van der Waals surface area contributed by atoms with Crippen LogP contribution in [0, 0.1) is 0 Å². The molecular formula is C23H25N3O4. The van der Waals surface area contributed by atoms with Gasteiger partial charge in [-0.3, -0.25) is 14.4 Å². The molecule has 0 bridgehead atoms. The molecule has 1 amide bonds. The van der Waals surface area contributed by atoms with Crippen molar-refractivity contribution in [1.29, 1.82) is 0 Å². The van der Waals surface area contributed by atoms with Gasteiger partial charge in [-0.25, -0.2) is 5.10 Å². The van der Waals surface area contributed by atoms with Crippen LogP contribution in [0.1, 0.15) is 44.0 Å². The molecular weight excluding hydrogens is 382 g/mol. The smallest absolute Gasteiger partial charge is 0.312 e. The number of rotatable bonds is 8. The van der Waals surface area contributed by atoms with Gasteiger partial charge in [0.1, 0.15) is 0 Å². The molecule has 2 aromatic carbocycles. The SMILES string of the molecule is CCC[C@H](NC(=O)[C@@H](C)OC(=O)Cc1n[nH]c(=O)c2ccccc12)c1ccccc1. The minimum absolute atomic E-state index is 0.144. The quantitative estimate of drug-likeness (QED) is 0.559. The molecule has 1 aromatic heterocycles. The lowest BCUT2D eigenvalue weighted by molar-refractivity contribution is -0.154. The van der Waals surface area contributed by atoms with Gasteiger partial charge in [-0.2, -0.15) is 5.10 Å². The molecule has 2 atom stereocenters. The minimum Gasteiger partial charge on any atom is -0.452 e. The van der Waals surface area contributed by atoms with Gasteiger partial charge in [-0.15, -0.1) is 0 Å². The van der Waals surface area contributed by atoms with Gasteiger partial charge in [0.2, 0.25) is 0 Å². The van der Waals surface area contributed by atoms with E-state index in [9.17, 15) is 14.4 Å². The van der Waals surface area contributed by atoms with E-state index in [-0.39, 0.29) is 23.9 Å². The van der Waals surface area contributed by atoms with Crippen LogP contribution in [0.2, 0.25) is 0 Å². The van der Waals surface area contributed by atoms with Gasteiger partial charge in [0, 0.05) is 5.39 Å². The predicted octanol–water partition coefficient (Wildman–Crippen LogP) is 3.05. The third-order valence-electron chi connectivity index (χ3n) is 4.86. The number of amides is 1. The van der Waals surface area contributed by atoms with Gasteiger partial charge in [-0.05, 0) is 25.0 Å². The largest absolute Gasteiger partial charge is 0.452 e. The maximum atomic E-state index is 12.6. The molecule has 0 saturated carbocycles. The zero-order chi connectivity index (χ0) is 21.5. The van der Waals surface area contributed by atoms with E-state index in [1.165, 1.54) is 0 Å². The number of fused-ring (bicyclic) bond motifs is 1. The van der Waals surface area contributed by atoms with Crippen LogP contribution in [0.5, 0.6) is 0 Å². The molecule has 3 rings (SSSR count). The molecule has 0 aliphatic carbocycles. The van der Waals surface area contributed by atoms with Gasteiger partial charge < -0.3 is 10.1 Å². The Morgan fingerprint density at radius 1 is 1.07 bits per heavy atom. The summed E-state index contributed by atoms with van der Waals surface area (Å²) in [6, 6.07) is 16.5. The van der Waals surface area contributed by atoms with Crippen LogP contribution in [-0.2, 0) is 20.7 Å². The molecule has 3 aromatic rings. The summed E-state index contributed by atoms with van der Waals surface area (Å²) in [6.07, 6.45) is 0.587. The molecule has 2 N–H and O–H groups in total. The second-order valence-corrected chi connectivity index (χ2v) is 7.11. The van der Waals surface area contributed by atoms with E-state index in [2.05, 4.69) is 15.5 Å². The zero-order valence-electron chi connectivity index (χ0n) is 17.1. The number of ether oxygens (including phenoxy) is 1. The van der Waals surface area contributed by atoms with Gasteiger partial charge in [0.25, 0.3) is 11.5 Å². The summed E-state index contributed by atoms with van der Waals surface area (Å²) in [5.41, 5.74) is 1.09. The summed E-state index contributed by atoms with van der Waals surface area (Å²) < 4.78 is 5.33. The second kappa shape index (κ2) is 9.82. The van der Waals surface area contributed by atoms with E-state index >= 15 is 0 Å². The van der Waals surface area contributed by atoms with Crippen molar-refractivity contribution in [2.24, 2.45) is 0 Å². The van der Waals surface area contributed by atoms with Gasteiger partial charge in [-0.1, -0.05) is 61.9 Å². The molecule has 0 unspecified atom stereocenters. The number of H-pyrrole nitrogens is 1. The van der Waals surface area contributed by atoms with Crippen LogP contribution >= 0.6 is 0 Å². The van der Waals surface area contributed by atoms with Crippen molar-refractivity contribution in [2.45, 2.75) is 45.3 Å². The Bertz CT molecular complexity index is 1080. The first-order valence-electron chi connectivity index (χ1n) is 10.0. The van der Waals surface area contributed by atoms with Crippen molar-refractivity contribution >= 4 is 22.6 Å². The van der Waals surface area contributed by atoms with Crippen molar-refractivity contribution in [3.8, 4) is 0 Å². The van der Waals surface area contributed by atoms with Crippen LogP contribution in [0.25, 0.3) is 10.8 Å². The highest BCUT2D eigenvalue weighted by Gasteiger charge is 2.22. The number of aromatic nitrogens is 2. The second-order valence-electron chi connectivity index (χ2n) is 7.11. The lowest BCUT2D eigenvalue weighted by Crippen LogP contribution is -2.38. The molecule has 1 heterocycles. The number of nitrogens with zero attached hydrogens (tertiary/aromatic N) is 1. The fourth-order valence-electron chi connectivity index (χ4n) is 3.32. The highest BCUT2D eigenvalue weighted by Crippen LogP contribution is 2.19. The first-order chi connectivity index (χ1) is 14.5. The fraction of sp³-hybridized carbons (Fsp3) is 0.304. The highest BCUT2D eigenvalue weighted by atomic mass is 16.5. The molecule has 0 saturated heterocycles. The Balaban J connectivity index is 1.64. The monoisotopic (exact) mass is 407 g/mol. The third-order valence-corrected chi connectivity index (χ3v) is 4.86. The standard InChI is InChI=1S/C23H25N3O4/c1-3-9-19(16-10-5-4-6-11-16)24-22(28)15(2)30-21(27)14-20-17-12-7-8-13-18(17)23(29)26-25-20/h4-8,10-13,15,19H,3,9,14H2,1-2H3,(H,24,28)(H,26,29)/t15-,19+/m1/s1. The first kappa shape index (κ1) is 21.2.